The van der Waals surface area contributed by atoms with Crippen LogP contribution in [0.4, 0.5) is 0 Å². The zero-order chi connectivity index (χ0) is 18.7. The van der Waals surface area contributed by atoms with Gasteiger partial charge in [-0.1, -0.05) is 0 Å². The Labute approximate surface area is 149 Å². The summed E-state index contributed by atoms with van der Waals surface area (Å²) in [7, 11) is 2.57. The first-order valence-corrected chi connectivity index (χ1v) is 7.94. The molecule has 3 rings (SSSR count). The van der Waals surface area contributed by atoms with Crippen molar-refractivity contribution in [2.75, 3.05) is 20.8 Å². The Kier molecular flexibility index (Phi) is 4.92. The van der Waals surface area contributed by atoms with Gasteiger partial charge >= 0.3 is 11.9 Å². The van der Waals surface area contributed by atoms with Gasteiger partial charge in [-0.25, -0.2) is 19.6 Å². The van der Waals surface area contributed by atoms with Gasteiger partial charge in [0.1, 0.15) is 5.69 Å². The Morgan fingerprint density at radius 2 is 1.77 bits per heavy atom. The highest BCUT2D eigenvalue weighted by molar-refractivity contribution is 5.97. The van der Waals surface area contributed by atoms with E-state index in [1.807, 2.05) is 0 Å². The Hall–Kier alpha value is -3.29. The largest absolute Gasteiger partial charge is 0.464 e. The predicted molar refractivity (Wildman–Crippen MR) is 89.6 cm³/mol. The van der Waals surface area contributed by atoms with Crippen molar-refractivity contribution in [3.8, 4) is 0 Å². The van der Waals surface area contributed by atoms with Gasteiger partial charge in [-0.05, 0) is 35.7 Å². The summed E-state index contributed by atoms with van der Waals surface area (Å²) >= 11 is 0. The molecule has 0 unspecified atom stereocenters. The number of pyridine rings is 2. The van der Waals surface area contributed by atoms with Crippen LogP contribution >= 0.6 is 0 Å². The van der Waals surface area contributed by atoms with E-state index in [2.05, 4.69) is 14.7 Å². The van der Waals surface area contributed by atoms with E-state index in [0.717, 1.165) is 11.1 Å². The van der Waals surface area contributed by atoms with Crippen molar-refractivity contribution in [3.63, 3.8) is 0 Å². The number of fused-ring (bicyclic) bond motifs is 1. The zero-order valence-electron chi connectivity index (χ0n) is 14.4. The summed E-state index contributed by atoms with van der Waals surface area (Å²) < 4.78 is 9.39. The lowest BCUT2D eigenvalue weighted by Gasteiger charge is -2.29. The van der Waals surface area contributed by atoms with E-state index in [1.165, 1.54) is 32.7 Å². The molecule has 0 aromatic carbocycles. The van der Waals surface area contributed by atoms with E-state index >= 15 is 0 Å². The van der Waals surface area contributed by atoms with Gasteiger partial charge in [-0.15, -0.1) is 0 Å². The molecule has 1 amide bonds. The number of nitrogens with zero attached hydrogens (tertiary/aromatic N) is 3. The minimum atomic E-state index is -0.600. The molecule has 0 saturated heterocycles. The van der Waals surface area contributed by atoms with Gasteiger partial charge in [0.05, 0.1) is 14.2 Å². The second-order valence-electron chi connectivity index (χ2n) is 5.69. The molecule has 1 aliphatic rings. The molecule has 0 radical (unpaired) electrons. The molecule has 0 atom stereocenters. The lowest BCUT2D eigenvalue weighted by atomic mass is 9.98. The zero-order valence-corrected chi connectivity index (χ0v) is 14.4. The number of ether oxygens (including phenoxy) is 2. The van der Waals surface area contributed by atoms with Crippen LogP contribution in [0, 0.1) is 0 Å². The average molecular weight is 355 g/mol. The second-order valence-corrected chi connectivity index (χ2v) is 5.69. The molecule has 0 fully saturated rings. The molecule has 0 saturated carbocycles. The van der Waals surface area contributed by atoms with Gasteiger partial charge in [-0.3, -0.25) is 4.79 Å². The van der Waals surface area contributed by atoms with E-state index in [4.69, 9.17) is 4.74 Å². The molecule has 8 heteroatoms. The van der Waals surface area contributed by atoms with Crippen molar-refractivity contribution in [2.24, 2.45) is 0 Å². The van der Waals surface area contributed by atoms with Crippen molar-refractivity contribution in [3.05, 3.63) is 58.7 Å². The molecule has 26 heavy (non-hydrogen) atoms. The number of amides is 1. The van der Waals surface area contributed by atoms with Crippen LogP contribution < -0.4 is 0 Å². The first-order valence-electron chi connectivity index (χ1n) is 7.94. The first kappa shape index (κ1) is 17.5. The predicted octanol–water partition coefficient (Wildman–Crippen LogP) is 1.25. The molecule has 134 valence electrons. The number of hydrogen-bond donors (Lipinski definition) is 0. The van der Waals surface area contributed by atoms with Crippen LogP contribution in [-0.4, -0.2) is 53.5 Å². The van der Waals surface area contributed by atoms with Gasteiger partial charge in [0.25, 0.3) is 5.91 Å². The lowest BCUT2D eigenvalue weighted by molar-refractivity contribution is 0.0584. The van der Waals surface area contributed by atoms with Crippen LogP contribution in [-0.2, 0) is 22.4 Å². The summed E-state index contributed by atoms with van der Waals surface area (Å²) in [6.45, 7) is 0.772. The number of esters is 2. The first-order chi connectivity index (χ1) is 12.5. The van der Waals surface area contributed by atoms with Crippen LogP contribution in [0.3, 0.4) is 0 Å². The summed E-state index contributed by atoms with van der Waals surface area (Å²) in [5.41, 5.74) is 2.36. The smallest absolute Gasteiger partial charge is 0.356 e. The molecule has 0 N–H and O–H groups in total. The summed E-state index contributed by atoms with van der Waals surface area (Å²) in [5, 5.41) is 0. The van der Waals surface area contributed by atoms with E-state index in [-0.39, 0.29) is 17.3 Å². The third-order valence-electron chi connectivity index (χ3n) is 4.21. The standard InChI is InChI=1S/C18H17N3O5/c1-25-17(23)14-9-11(3-6-19-14)16(22)21-8-5-13-12(10-21)4-7-20-15(13)18(24)26-2/h3-4,6-7,9H,5,8,10H2,1-2H3. The number of hydrogen-bond acceptors (Lipinski definition) is 7. The molecule has 2 aromatic rings. The fourth-order valence-electron chi connectivity index (χ4n) is 2.90. The van der Waals surface area contributed by atoms with Crippen molar-refractivity contribution in [1.82, 2.24) is 14.9 Å². The molecule has 0 aliphatic carbocycles. The summed E-state index contributed by atoms with van der Waals surface area (Å²) in [5.74, 6) is -1.31. The van der Waals surface area contributed by atoms with Gasteiger partial charge in [-0.2, -0.15) is 0 Å². The topological polar surface area (TPSA) is 98.7 Å². The summed E-state index contributed by atoms with van der Waals surface area (Å²) in [6, 6.07) is 4.75. The van der Waals surface area contributed by atoms with Crippen LogP contribution in [0.2, 0.25) is 0 Å². The molecule has 1 aliphatic heterocycles. The second kappa shape index (κ2) is 7.30. The Morgan fingerprint density at radius 1 is 1.04 bits per heavy atom. The number of carbonyl (C=O) groups excluding carboxylic acids is 3. The quantitative estimate of drug-likeness (QED) is 0.764. The highest BCUT2D eigenvalue weighted by atomic mass is 16.5. The maximum Gasteiger partial charge on any atom is 0.356 e. The maximum absolute atomic E-state index is 12.8. The van der Waals surface area contributed by atoms with E-state index in [0.29, 0.717) is 25.1 Å². The minimum absolute atomic E-state index is 0.0768. The van der Waals surface area contributed by atoms with Gasteiger partial charge in [0.2, 0.25) is 0 Å². The molecular formula is C18H17N3O5. The fraction of sp³-hybridized carbons (Fsp3) is 0.278. The van der Waals surface area contributed by atoms with Gasteiger partial charge in [0.15, 0.2) is 5.69 Å². The van der Waals surface area contributed by atoms with Crippen LogP contribution in [0.5, 0.6) is 0 Å². The van der Waals surface area contributed by atoms with E-state index in [1.54, 1.807) is 17.0 Å². The Morgan fingerprint density at radius 3 is 2.50 bits per heavy atom. The summed E-state index contributed by atoms with van der Waals surface area (Å²) in [6.07, 6.45) is 3.42. The molecule has 2 aromatic heterocycles. The molecule has 0 spiro atoms. The molecule has 0 bridgehead atoms. The van der Waals surface area contributed by atoms with E-state index < -0.39 is 11.9 Å². The Bertz CT molecular complexity index is 881. The minimum Gasteiger partial charge on any atom is -0.464 e. The normalized spacial score (nSPS) is 12.9. The SMILES string of the molecule is COC(=O)c1cc(C(=O)N2CCc3c(ccnc3C(=O)OC)C2)ccn1. The number of rotatable bonds is 3. The van der Waals surface area contributed by atoms with Crippen LogP contribution in [0.15, 0.2) is 30.6 Å². The fourth-order valence-corrected chi connectivity index (χ4v) is 2.90. The third kappa shape index (κ3) is 3.26. The van der Waals surface area contributed by atoms with Gasteiger partial charge < -0.3 is 14.4 Å². The van der Waals surface area contributed by atoms with Crippen molar-refractivity contribution in [2.45, 2.75) is 13.0 Å². The van der Waals surface area contributed by atoms with Crippen molar-refractivity contribution < 1.29 is 23.9 Å². The molecule has 8 nitrogen and oxygen atoms in total. The number of aromatic nitrogens is 2. The van der Waals surface area contributed by atoms with Crippen molar-refractivity contribution >= 4 is 17.8 Å². The number of methoxy groups -OCH3 is 2. The van der Waals surface area contributed by atoms with Crippen molar-refractivity contribution in [1.29, 1.82) is 0 Å². The lowest BCUT2D eigenvalue weighted by Crippen LogP contribution is -2.37. The van der Waals surface area contributed by atoms with E-state index in [9.17, 15) is 14.4 Å². The summed E-state index contributed by atoms with van der Waals surface area (Å²) in [4.78, 5) is 45.9. The van der Waals surface area contributed by atoms with Crippen LogP contribution in [0.25, 0.3) is 0 Å². The highest BCUT2D eigenvalue weighted by Gasteiger charge is 2.26. The van der Waals surface area contributed by atoms with Gasteiger partial charge in [0, 0.05) is 31.0 Å². The third-order valence-corrected chi connectivity index (χ3v) is 4.21. The number of carbonyl (C=O) groups is 3. The van der Waals surface area contributed by atoms with Crippen LogP contribution in [0.1, 0.15) is 42.5 Å². The maximum atomic E-state index is 12.8. The monoisotopic (exact) mass is 355 g/mol. The Balaban J connectivity index is 1.84. The molecule has 3 heterocycles. The average Bonchev–Trinajstić information content (AvgIpc) is 2.71. The highest BCUT2D eigenvalue weighted by Crippen LogP contribution is 2.23. The molecular weight excluding hydrogens is 338 g/mol.